The van der Waals surface area contributed by atoms with Gasteiger partial charge in [0, 0.05) is 19.3 Å². The van der Waals surface area contributed by atoms with E-state index in [9.17, 15) is 14.4 Å². The predicted octanol–water partition coefficient (Wildman–Crippen LogP) is 20.3. The van der Waals surface area contributed by atoms with Crippen LogP contribution >= 0.6 is 0 Å². The van der Waals surface area contributed by atoms with Gasteiger partial charge in [-0.3, -0.25) is 14.4 Å². The van der Waals surface area contributed by atoms with E-state index in [1.54, 1.807) is 0 Å². The lowest BCUT2D eigenvalue weighted by atomic mass is 10.0. The first-order chi connectivity index (χ1) is 35.0. The van der Waals surface area contributed by atoms with Crippen LogP contribution in [-0.2, 0) is 28.6 Å². The number of carbonyl (C=O) groups is 3. The molecule has 0 rings (SSSR count). The summed E-state index contributed by atoms with van der Waals surface area (Å²) in [5.74, 6) is -0.926. The molecule has 6 heteroatoms. The number of ether oxygens (including phenoxy) is 3. The zero-order valence-corrected chi connectivity index (χ0v) is 46.7. The Bertz CT molecular complexity index is 1370. The second-order valence-corrected chi connectivity index (χ2v) is 19.9. The summed E-state index contributed by atoms with van der Waals surface area (Å²) in [5.41, 5.74) is 0. The van der Waals surface area contributed by atoms with E-state index in [4.69, 9.17) is 14.2 Å². The van der Waals surface area contributed by atoms with Crippen molar-refractivity contribution in [2.75, 3.05) is 13.2 Å². The van der Waals surface area contributed by atoms with E-state index in [0.717, 1.165) is 103 Å². The van der Waals surface area contributed by atoms with E-state index in [2.05, 4.69) is 106 Å². The summed E-state index contributed by atoms with van der Waals surface area (Å²) in [6.45, 7) is 6.45. The van der Waals surface area contributed by atoms with Crippen LogP contribution in [0.3, 0.4) is 0 Å². The van der Waals surface area contributed by atoms with E-state index in [0.29, 0.717) is 19.3 Å². The molecule has 0 saturated carbocycles. The van der Waals surface area contributed by atoms with Gasteiger partial charge in [0.05, 0.1) is 0 Å². The highest BCUT2D eigenvalue weighted by Crippen LogP contribution is 2.16. The van der Waals surface area contributed by atoms with Crippen LogP contribution in [0.5, 0.6) is 0 Å². The number of allylic oxidation sites excluding steroid dienone is 14. The highest BCUT2D eigenvalue weighted by atomic mass is 16.6. The SMILES string of the molecule is CC/C=C\C/C=C\C/C=C\CCCCCC(=O)OC(COC(=O)CCCCCCC/C=C\CCCC)COC(=O)CCCCCCCCCCCCCCCC/C=C\C/C=C\C/C=C\CCCCCCC. The molecule has 0 heterocycles. The molecule has 0 spiro atoms. The van der Waals surface area contributed by atoms with Gasteiger partial charge in [0.1, 0.15) is 13.2 Å². The molecule has 1 atom stereocenters. The van der Waals surface area contributed by atoms with E-state index in [1.807, 2.05) is 0 Å². The highest BCUT2D eigenvalue weighted by Gasteiger charge is 2.19. The second-order valence-electron chi connectivity index (χ2n) is 19.9. The maximum atomic E-state index is 12.8. The molecule has 6 nitrogen and oxygen atoms in total. The van der Waals surface area contributed by atoms with Crippen LogP contribution < -0.4 is 0 Å². The fraction of sp³-hybridized carbons (Fsp3) is 0.738. The van der Waals surface area contributed by atoms with Gasteiger partial charge in [-0.05, 0) is 109 Å². The molecule has 1 unspecified atom stereocenters. The molecule has 408 valence electrons. The third-order valence-corrected chi connectivity index (χ3v) is 12.9. The van der Waals surface area contributed by atoms with Gasteiger partial charge in [-0.25, -0.2) is 0 Å². The summed E-state index contributed by atoms with van der Waals surface area (Å²) in [5, 5.41) is 0. The van der Waals surface area contributed by atoms with Gasteiger partial charge in [0.25, 0.3) is 0 Å². The van der Waals surface area contributed by atoms with Crippen LogP contribution in [0.1, 0.15) is 290 Å². The third-order valence-electron chi connectivity index (χ3n) is 12.9. The lowest BCUT2D eigenvalue weighted by molar-refractivity contribution is -0.167. The monoisotopic (exact) mass is 989 g/mol. The maximum Gasteiger partial charge on any atom is 0.306 e. The molecule has 71 heavy (non-hydrogen) atoms. The molecule has 0 bridgehead atoms. The summed E-state index contributed by atoms with van der Waals surface area (Å²) >= 11 is 0. The molecule has 0 N–H and O–H groups in total. The van der Waals surface area contributed by atoms with Gasteiger partial charge in [-0.2, -0.15) is 0 Å². The first-order valence-corrected chi connectivity index (χ1v) is 30.1. The largest absolute Gasteiger partial charge is 0.462 e. The Balaban J connectivity index is 4.18. The lowest BCUT2D eigenvalue weighted by Gasteiger charge is -2.18. The fourth-order valence-corrected chi connectivity index (χ4v) is 8.33. The molecular formula is C65H112O6. The molecule has 0 fully saturated rings. The molecule has 0 radical (unpaired) electrons. The number of hydrogen-bond donors (Lipinski definition) is 0. The molecule has 0 aliphatic carbocycles. The average Bonchev–Trinajstić information content (AvgIpc) is 3.37. The first kappa shape index (κ1) is 67.6. The zero-order chi connectivity index (χ0) is 51.4. The zero-order valence-electron chi connectivity index (χ0n) is 46.7. The van der Waals surface area contributed by atoms with Crippen molar-refractivity contribution < 1.29 is 28.6 Å². The Labute approximate surface area is 439 Å². The molecule has 0 aromatic carbocycles. The van der Waals surface area contributed by atoms with E-state index in [-0.39, 0.29) is 31.1 Å². The Morgan fingerprint density at radius 1 is 0.296 bits per heavy atom. The third kappa shape index (κ3) is 57.4. The van der Waals surface area contributed by atoms with Crippen LogP contribution in [-0.4, -0.2) is 37.2 Å². The molecule has 0 amide bonds. The minimum Gasteiger partial charge on any atom is -0.462 e. The van der Waals surface area contributed by atoms with Crippen LogP contribution in [0.4, 0.5) is 0 Å². The molecule has 0 aromatic heterocycles. The summed E-state index contributed by atoms with van der Waals surface area (Å²) in [7, 11) is 0. The van der Waals surface area contributed by atoms with Crippen molar-refractivity contribution >= 4 is 17.9 Å². The first-order valence-electron chi connectivity index (χ1n) is 30.1. The quantitative estimate of drug-likeness (QED) is 0.0261. The normalized spacial score (nSPS) is 12.7. The summed E-state index contributed by atoms with van der Waals surface area (Å²) in [4.78, 5) is 38.1. The Morgan fingerprint density at radius 3 is 0.930 bits per heavy atom. The van der Waals surface area contributed by atoms with Crippen LogP contribution in [0, 0.1) is 0 Å². The minimum atomic E-state index is -0.794. The fourth-order valence-electron chi connectivity index (χ4n) is 8.33. The van der Waals surface area contributed by atoms with Crippen molar-refractivity contribution in [2.24, 2.45) is 0 Å². The maximum absolute atomic E-state index is 12.8. The standard InChI is InChI=1S/C65H112O6/c1-4-7-10-13-16-19-22-24-25-26-27-28-29-30-31-32-33-34-35-36-37-38-39-41-43-46-49-52-55-58-64(67)70-61-62(60-69-63(66)57-54-51-48-45-42-21-18-15-12-9-6-3)71-65(68)59-56-53-50-47-44-40-23-20-17-14-11-8-5-2/h8,11,15,17-18,20,22,24,26-27,29-30,40,44,62H,4-7,9-10,12-14,16,19,21,23,25,28,31-39,41-43,45-61H2,1-3H3/b11-8-,18-15-,20-17-,24-22-,27-26-,30-29-,44-40-. The number of rotatable bonds is 54. The number of esters is 3. The molecular weight excluding hydrogens is 877 g/mol. The van der Waals surface area contributed by atoms with E-state index >= 15 is 0 Å². The smallest absolute Gasteiger partial charge is 0.306 e. The van der Waals surface area contributed by atoms with Crippen LogP contribution in [0.2, 0.25) is 0 Å². The van der Waals surface area contributed by atoms with E-state index in [1.165, 1.54) is 148 Å². The van der Waals surface area contributed by atoms with Crippen molar-refractivity contribution in [2.45, 2.75) is 297 Å². The Morgan fingerprint density at radius 2 is 0.563 bits per heavy atom. The topological polar surface area (TPSA) is 78.9 Å². The van der Waals surface area contributed by atoms with Gasteiger partial charge >= 0.3 is 17.9 Å². The molecule has 0 aliphatic rings. The Kier molecular flexibility index (Phi) is 56.3. The van der Waals surface area contributed by atoms with Crippen LogP contribution in [0.25, 0.3) is 0 Å². The van der Waals surface area contributed by atoms with Crippen molar-refractivity contribution in [1.29, 1.82) is 0 Å². The Hall–Kier alpha value is -3.41. The lowest BCUT2D eigenvalue weighted by Crippen LogP contribution is -2.30. The van der Waals surface area contributed by atoms with Gasteiger partial charge in [-0.1, -0.05) is 247 Å². The predicted molar refractivity (Wildman–Crippen MR) is 307 cm³/mol. The van der Waals surface area contributed by atoms with E-state index < -0.39 is 6.10 Å². The van der Waals surface area contributed by atoms with Crippen LogP contribution in [0.15, 0.2) is 85.1 Å². The van der Waals surface area contributed by atoms with Gasteiger partial charge in [0.15, 0.2) is 6.10 Å². The highest BCUT2D eigenvalue weighted by molar-refractivity contribution is 5.71. The van der Waals surface area contributed by atoms with Gasteiger partial charge < -0.3 is 14.2 Å². The average molecular weight is 990 g/mol. The van der Waals surface area contributed by atoms with Crippen molar-refractivity contribution in [3.8, 4) is 0 Å². The second kappa shape index (κ2) is 59.2. The summed E-state index contributed by atoms with van der Waals surface area (Å²) < 4.78 is 16.8. The minimum absolute atomic E-state index is 0.0905. The van der Waals surface area contributed by atoms with Gasteiger partial charge in [-0.15, -0.1) is 0 Å². The van der Waals surface area contributed by atoms with Crippen molar-refractivity contribution in [3.05, 3.63) is 85.1 Å². The molecule has 0 aliphatic heterocycles. The molecule has 0 aromatic rings. The van der Waals surface area contributed by atoms with Crippen molar-refractivity contribution in [3.63, 3.8) is 0 Å². The molecule has 0 saturated heterocycles. The summed E-state index contributed by atoms with van der Waals surface area (Å²) in [6.07, 6.45) is 77.4. The number of carbonyl (C=O) groups excluding carboxylic acids is 3. The summed E-state index contributed by atoms with van der Waals surface area (Å²) in [6, 6.07) is 0. The van der Waals surface area contributed by atoms with Gasteiger partial charge in [0.2, 0.25) is 0 Å². The number of hydrogen-bond acceptors (Lipinski definition) is 6. The number of unbranched alkanes of at least 4 members (excludes halogenated alkanes) is 29. The van der Waals surface area contributed by atoms with Crippen molar-refractivity contribution in [1.82, 2.24) is 0 Å².